The van der Waals surface area contributed by atoms with Crippen LogP contribution in [0.4, 0.5) is 4.79 Å². The van der Waals surface area contributed by atoms with E-state index in [9.17, 15) is 9.59 Å². The second-order valence-corrected chi connectivity index (χ2v) is 8.53. The lowest BCUT2D eigenvalue weighted by atomic mass is 10.2. The van der Waals surface area contributed by atoms with Crippen LogP contribution in [-0.4, -0.2) is 64.2 Å². The van der Waals surface area contributed by atoms with E-state index in [2.05, 4.69) is 21.8 Å². The van der Waals surface area contributed by atoms with Crippen LogP contribution in [0.3, 0.4) is 0 Å². The molecule has 8 nitrogen and oxygen atoms in total. The van der Waals surface area contributed by atoms with Crippen LogP contribution in [0.15, 0.2) is 42.7 Å². The Morgan fingerprint density at radius 3 is 2.28 bits per heavy atom. The van der Waals surface area contributed by atoms with Crippen molar-refractivity contribution in [2.75, 3.05) is 26.7 Å². The molecule has 2 aromatic heterocycles. The molecule has 0 unspecified atom stereocenters. The lowest BCUT2D eigenvalue weighted by Crippen LogP contribution is -2.41. The highest BCUT2D eigenvalue weighted by Gasteiger charge is 2.23. The van der Waals surface area contributed by atoms with Crippen molar-refractivity contribution < 1.29 is 19.1 Å². The molecule has 1 amide bonds. The van der Waals surface area contributed by atoms with Crippen molar-refractivity contribution in [3.05, 3.63) is 59.7 Å². The molecule has 174 valence electrons. The second-order valence-electron chi connectivity index (χ2n) is 8.53. The van der Waals surface area contributed by atoms with Gasteiger partial charge in [0.1, 0.15) is 5.60 Å². The number of ether oxygens (including phenoxy) is 2. The Balaban J connectivity index is 2.07. The van der Waals surface area contributed by atoms with Crippen LogP contribution in [0.1, 0.15) is 55.9 Å². The van der Waals surface area contributed by atoms with Gasteiger partial charge in [-0.1, -0.05) is 13.0 Å². The van der Waals surface area contributed by atoms with Crippen molar-refractivity contribution in [2.45, 2.75) is 52.8 Å². The minimum absolute atomic E-state index is 0.361. The second kappa shape index (κ2) is 12.1. The monoisotopic (exact) mass is 442 g/mol. The number of carbonyl (C=O) groups is 2. The first-order chi connectivity index (χ1) is 15.2. The average Bonchev–Trinajstić information content (AvgIpc) is 2.76. The maximum atomic E-state index is 12.8. The maximum absolute atomic E-state index is 12.8. The molecule has 32 heavy (non-hydrogen) atoms. The molecule has 0 aliphatic rings. The van der Waals surface area contributed by atoms with Crippen molar-refractivity contribution in [2.24, 2.45) is 0 Å². The quantitative estimate of drug-likeness (QED) is 0.516. The summed E-state index contributed by atoms with van der Waals surface area (Å²) in [6.07, 6.45) is 3.85. The van der Waals surface area contributed by atoms with Crippen LogP contribution in [0.5, 0.6) is 0 Å². The molecule has 0 spiro atoms. The van der Waals surface area contributed by atoms with Gasteiger partial charge in [-0.25, -0.2) is 9.59 Å². The highest BCUT2D eigenvalue weighted by Crippen LogP contribution is 2.13. The van der Waals surface area contributed by atoms with Gasteiger partial charge in [-0.05, 0) is 58.0 Å². The summed E-state index contributed by atoms with van der Waals surface area (Å²) in [6, 6.07) is 9.19. The number of methoxy groups -OCH3 is 1. The fraction of sp³-hybridized carbons (Fsp3) is 0.500. The standard InChI is InChI=1S/C24H34N4O4/c1-6-13-27(17-21-11-10-19(16-26-21)22(29)31-5)14-15-28(23(30)32-24(2,3)4)18-20-9-7-8-12-25-20/h7-12,16H,6,13-15,17-18H2,1-5H3. The molecule has 0 radical (unpaired) electrons. The Kier molecular flexibility index (Phi) is 9.59. The number of esters is 1. The predicted octanol–water partition coefficient (Wildman–Crippen LogP) is 3.91. The molecule has 0 atom stereocenters. The van der Waals surface area contributed by atoms with Crippen LogP contribution >= 0.6 is 0 Å². The molecule has 0 saturated heterocycles. The van der Waals surface area contributed by atoms with E-state index in [1.54, 1.807) is 17.2 Å². The first-order valence-electron chi connectivity index (χ1n) is 10.8. The molecule has 2 aromatic rings. The van der Waals surface area contributed by atoms with Crippen molar-refractivity contribution in [3.63, 3.8) is 0 Å². The molecule has 2 heterocycles. The molecule has 0 N–H and O–H groups in total. The van der Waals surface area contributed by atoms with E-state index in [1.165, 1.54) is 13.3 Å². The molecule has 0 aliphatic heterocycles. The van der Waals surface area contributed by atoms with Gasteiger partial charge in [-0.15, -0.1) is 0 Å². The normalized spacial score (nSPS) is 11.3. The summed E-state index contributed by atoms with van der Waals surface area (Å²) in [6.45, 7) is 10.7. The summed E-state index contributed by atoms with van der Waals surface area (Å²) in [4.78, 5) is 37.1. The van der Waals surface area contributed by atoms with Crippen LogP contribution < -0.4 is 0 Å². The van der Waals surface area contributed by atoms with E-state index in [-0.39, 0.29) is 6.09 Å². The first kappa shape index (κ1) is 25.3. The minimum atomic E-state index is -0.576. The zero-order chi connectivity index (χ0) is 23.6. The van der Waals surface area contributed by atoms with E-state index in [1.807, 2.05) is 45.0 Å². The number of rotatable bonds is 10. The molecule has 0 fully saturated rings. The average molecular weight is 443 g/mol. The lowest BCUT2D eigenvalue weighted by Gasteiger charge is -2.29. The van der Waals surface area contributed by atoms with E-state index < -0.39 is 11.6 Å². The van der Waals surface area contributed by atoms with Gasteiger partial charge in [-0.2, -0.15) is 0 Å². The van der Waals surface area contributed by atoms with E-state index in [0.717, 1.165) is 24.4 Å². The van der Waals surface area contributed by atoms with Gasteiger partial charge in [0.2, 0.25) is 0 Å². The highest BCUT2D eigenvalue weighted by molar-refractivity contribution is 5.88. The number of carbonyl (C=O) groups excluding carboxylic acids is 2. The van der Waals surface area contributed by atoms with E-state index in [4.69, 9.17) is 9.47 Å². The predicted molar refractivity (Wildman–Crippen MR) is 122 cm³/mol. The zero-order valence-electron chi connectivity index (χ0n) is 19.7. The van der Waals surface area contributed by atoms with E-state index in [0.29, 0.717) is 31.7 Å². The molecular weight excluding hydrogens is 408 g/mol. The zero-order valence-corrected chi connectivity index (χ0v) is 19.7. The van der Waals surface area contributed by atoms with Gasteiger partial charge < -0.3 is 14.4 Å². The van der Waals surface area contributed by atoms with Crippen molar-refractivity contribution in [1.29, 1.82) is 0 Å². The maximum Gasteiger partial charge on any atom is 0.410 e. The third kappa shape index (κ3) is 8.63. The Bertz CT molecular complexity index is 851. The van der Waals surface area contributed by atoms with Crippen LogP contribution in [0, 0.1) is 0 Å². The molecule has 0 saturated carbocycles. The first-order valence-corrected chi connectivity index (χ1v) is 10.8. The van der Waals surface area contributed by atoms with Crippen LogP contribution in [0.25, 0.3) is 0 Å². The number of nitrogens with zero attached hydrogens (tertiary/aromatic N) is 4. The highest BCUT2D eigenvalue weighted by atomic mass is 16.6. The van der Waals surface area contributed by atoms with Crippen molar-refractivity contribution in [3.8, 4) is 0 Å². The summed E-state index contributed by atoms with van der Waals surface area (Å²) in [5.41, 5.74) is 1.50. The molecule has 0 aromatic carbocycles. The largest absolute Gasteiger partial charge is 0.465 e. The Labute approximate surface area is 190 Å². The molecule has 2 rings (SSSR count). The fourth-order valence-electron chi connectivity index (χ4n) is 3.08. The van der Waals surface area contributed by atoms with Crippen LogP contribution in [-0.2, 0) is 22.6 Å². The lowest BCUT2D eigenvalue weighted by molar-refractivity contribution is 0.0210. The van der Waals surface area contributed by atoms with E-state index >= 15 is 0 Å². The molecule has 0 bridgehead atoms. The molecular formula is C24H34N4O4. The van der Waals surface area contributed by atoms with Crippen molar-refractivity contribution in [1.82, 2.24) is 19.8 Å². The van der Waals surface area contributed by atoms with Gasteiger partial charge >= 0.3 is 12.1 Å². The Morgan fingerprint density at radius 2 is 1.72 bits per heavy atom. The van der Waals surface area contributed by atoms with Crippen molar-refractivity contribution >= 4 is 12.1 Å². The smallest absolute Gasteiger partial charge is 0.410 e. The molecule has 8 heteroatoms. The number of pyridine rings is 2. The Morgan fingerprint density at radius 1 is 0.969 bits per heavy atom. The third-order valence-electron chi connectivity index (χ3n) is 4.59. The number of hydrogen-bond acceptors (Lipinski definition) is 7. The van der Waals surface area contributed by atoms with Gasteiger partial charge in [-0.3, -0.25) is 14.9 Å². The van der Waals surface area contributed by atoms with Gasteiger partial charge in [0.25, 0.3) is 0 Å². The SMILES string of the molecule is CCCN(CCN(Cc1ccccn1)C(=O)OC(C)(C)C)Cc1ccc(C(=O)OC)cn1. The van der Waals surface area contributed by atoms with Crippen LogP contribution in [0.2, 0.25) is 0 Å². The number of hydrogen-bond donors (Lipinski definition) is 0. The third-order valence-corrected chi connectivity index (χ3v) is 4.59. The fourth-order valence-corrected chi connectivity index (χ4v) is 3.08. The topological polar surface area (TPSA) is 84.9 Å². The van der Waals surface area contributed by atoms with Gasteiger partial charge in [0.15, 0.2) is 0 Å². The summed E-state index contributed by atoms with van der Waals surface area (Å²) in [7, 11) is 1.35. The molecule has 0 aliphatic carbocycles. The van der Waals surface area contributed by atoms with Gasteiger partial charge in [0, 0.05) is 32.0 Å². The summed E-state index contributed by atoms with van der Waals surface area (Å²) < 4.78 is 10.3. The summed E-state index contributed by atoms with van der Waals surface area (Å²) in [5, 5.41) is 0. The number of amides is 1. The minimum Gasteiger partial charge on any atom is -0.465 e. The Hall–Kier alpha value is -3.00. The summed E-state index contributed by atoms with van der Waals surface area (Å²) >= 11 is 0. The summed E-state index contributed by atoms with van der Waals surface area (Å²) in [5.74, 6) is -0.406. The number of aromatic nitrogens is 2. The van der Waals surface area contributed by atoms with Gasteiger partial charge in [0.05, 0.1) is 30.6 Å².